The molecule has 4 nitrogen and oxygen atoms in total. The van der Waals surface area contributed by atoms with Gasteiger partial charge in [-0.25, -0.2) is 0 Å². The zero-order valence-corrected chi connectivity index (χ0v) is 12.1. The Labute approximate surface area is 119 Å². The molecule has 0 saturated carbocycles. The zero-order valence-electron chi connectivity index (χ0n) is 9.71. The lowest BCUT2D eigenvalue weighted by molar-refractivity contribution is -0.118. The Kier molecular flexibility index (Phi) is 6.15. The molecular formula is C12H14BrClN2O2. The van der Waals surface area contributed by atoms with Crippen LogP contribution in [0.25, 0.3) is 0 Å². The van der Waals surface area contributed by atoms with Crippen molar-refractivity contribution < 1.29 is 9.59 Å². The molecule has 1 aromatic rings. The predicted molar refractivity (Wildman–Crippen MR) is 74.5 cm³/mol. The van der Waals surface area contributed by atoms with Crippen LogP contribution < -0.4 is 11.1 Å². The van der Waals surface area contributed by atoms with E-state index in [2.05, 4.69) is 21.2 Å². The Morgan fingerprint density at radius 1 is 1.33 bits per heavy atom. The van der Waals surface area contributed by atoms with E-state index >= 15 is 0 Å². The van der Waals surface area contributed by atoms with Crippen LogP contribution in [0.15, 0.2) is 22.7 Å². The maximum atomic E-state index is 11.8. The number of carbonyl (C=O) groups is 2. The lowest BCUT2D eigenvalue weighted by Crippen LogP contribution is -2.25. The lowest BCUT2D eigenvalue weighted by Gasteiger charge is -2.07. The molecule has 0 aromatic heterocycles. The third-order valence-corrected chi connectivity index (χ3v) is 3.24. The average Bonchev–Trinajstić information content (AvgIpc) is 2.31. The van der Waals surface area contributed by atoms with Crippen molar-refractivity contribution in [2.45, 2.75) is 19.3 Å². The summed E-state index contributed by atoms with van der Waals surface area (Å²) in [6.45, 7) is 0.505. The summed E-state index contributed by atoms with van der Waals surface area (Å²) in [6.07, 6.45) is 1.73. The summed E-state index contributed by atoms with van der Waals surface area (Å²) in [6, 6.07) is 5.03. The highest BCUT2D eigenvalue weighted by atomic mass is 79.9. The SMILES string of the molecule is NC(=O)CCCCNC(=O)c1cc(Cl)ccc1Br. The molecule has 0 aliphatic carbocycles. The second-order valence-corrected chi connectivity index (χ2v) is 5.09. The summed E-state index contributed by atoms with van der Waals surface area (Å²) in [5.74, 6) is -0.512. The molecule has 0 saturated heterocycles. The van der Waals surface area contributed by atoms with Gasteiger partial charge in [-0.15, -0.1) is 0 Å². The number of hydrogen-bond donors (Lipinski definition) is 2. The van der Waals surface area contributed by atoms with Crippen LogP contribution in [0.2, 0.25) is 5.02 Å². The highest BCUT2D eigenvalue weighted by Crippen LogP contribution is 2.20. The fourth-order valence-electron chi connectivity index (χ4n) is 1.39. The molecule has 0 atom stereocenters. The van der Waals surface area contributed by atoms with Gasteiger partial charge < -0.3 is 11.1 Å². The first-order valence-corrected chi connectivity index (χ1v) is 6.69. The number of carbonyl (C=O) groups excluding carboxylic acids is 2. The molecule has 0 aliphatic heterocycles. The van der Waals surface area contributed by atoms with E-state index in [9.17, 15) is 9.59 Å². The molecule has 2 amide bonds. The maximum absolute atomic E-state index is 11.8. The van der Waals surface area contributed by atoms with E-state index < -0.39 is 0 Å². The van der Waals surface area contributed by atoms with Crippen molar-refractivity contribution in [3.63, 3.8) is 0 Å². The van der Waals surface area contributed by atoms with E-state index in [-0.39, 0.29) is 11.8 Å². The van der Waals surface area contributed by atoms with E-state index in [4.69, 9.17) is 17.3 Å². The van der Waals surface area contributed by atoms with E-state index in [1.807, 2.05) is 0 Å². The number of primary amides is 1. The number of amides is 2. The largest absolute Gasteiger partial charge is 0.370 e. The average molecular weight is 334 g/mol. The molecule has 3 N–H and O–H groups in total. The number of unbranched alkanes of at least 4 members (excludes halogenated alkanes) is 1. The standard InChI is InChI=1S/C12H14BrClN2O2/c13-10-5-4-8(14)7-9(10)12(18)16-6-2-1-3-11(15)17/h4-5,7H,1-3,6H2,(H2,15,17)(H,16,18). The molecule has 0 spiro atoms. The van der Waals surface area contributed by atoms with Gasteiger partial charge in [-0.1, -0.05) is 11.6 Å². The van der Waals surface area contributed by atoms with Crippen LogP contribution in [0.5, 0.6) is 0 Å². The summed E-state index contributed by atoms with van der Waals surface area (Å²) in [5.41, 5.74) is 5.51. The minimum absolute atomic E-state index is 0.191. The van der Waals surface area contributed by atoms with Gasteiger partial charge in [-0.2, -0.15) is 0 Å². The number of nitrogens with two attached hydrogens (primary N) is 1. The third-order valence-electron chi connectivity index (χ3n) is 2.31. The van der Waals surface area contributed by atoms with Crippen molar-refractivity contribution in [3.05, 3.63) is 33.3 Å². The molecule has 0 fully saturated rings. The highest BCUT2D eigenvalue weighted by Gasteiger charge is 2.09. The number of nitrogens with one attached hydrogen (secondary N) is 1. The van der Waals surface area contributed by atoms with E-state index in [1.165, 1.54) is 0 Å². The molecule has 0 unspecified atom stereocenters. The molecule has 1 aromatic carbocycles. The van der Waals surface area contributed by atoms with Crippen LogP contribution in [0.1, 0.15) is 29.6 Å². The summed E-state index contributed by atoms with van der Waals surface area (Å²) in [4.78, 5) is 22.3. The summed E-state index contributed by atoms with van der Waals surface area (Å²) in [5, 5.41) is 3.27. The van der Waals surface area contributed by atoms with Crippen molar-refractivity contribution in [2.75, 3.05) is 6.54 Å². The fourth-order valence-corrected chi connectivity index (χ4v) is 1.99. The molecule has 0 aliphatic rings. The first-order chi connectivity index (χ1) is 8.50. The smallest absolute Gasteiger partial charge is 0.252 e. The second-order valence-electron chi connectivity index (χ2n) is 3.80. The predicted octanol–water partition coefficient (Wildman–Crippen LogP) is 2.49. The Morgan fingerprint density at radius 3 is 2.72 bits per heavy atom. The Hall–Kier alpha value is -1.07. The van der Waals surface area contributed by atoms with Crippen LogP contribution in [0, 0.1) is 0 Å². The minimum atomic E-state index is -0.320. The third kappa shape index (κ3) is 5.06. The number of benzene rings is 1. The van der Waals surface area contributed by atoms with Crippen molar-refractivity contribution in [1.82, 2.24) is 5.32 Å². The normalized spacial score (nSPS) is 10.1. The summed E-state index contributed by atoms with van der Waals surface area (Å²) in [7, 11) is 0. The van der Waals surface area contributed by atoms with Gasteiger partial charge in [0.05, 0.1) is 5.56 Å². The first kappa shape index (κ1) is 15.0. The van der Waals surface area contributed by atoms with E-state index in [0.717, 1.165) is 0 Å². The fraction of sp³-hybridized carbons (Fsp3) is 0.333. The van der Waals surface area contributed by atoms with Gasteiger partial charge in [0.2, 0.25) is 5.91 Å². The Bertz CT molecular complexity index is 452. The molecule has 0 heterocycles. The minimum Gasteiger partial charge on any atom is -0.370 e. The summed E-state index contributed by atoms with van der Waals surface area (Å²) < 4.78 is 0.696. The highest BCUT2D eigenvalue weighted by molar-refractivity contribution is 9.10. The van der Waals surface area contributed by atoms with Gasteiger partial charge in [0.1, 0.15) is 0 Å². The van der Waals surface area contributed by atoms with Crippen LogP contribution >= 0.6 is 27.5 Å². The van der Waals surface area contributed by atoms with E-state index in [0.29, 0.717) is 40.9 Å². The monoisotopic (exact) mass is 332 g/mol. The molecule has 0 bridgehead atoms. The Morgan fingerprint density at radius 2 is 2.06 bits per heavy atom. The molecular weight excluding hydrogens is 320 g/mol. The van der Waals surface area contributed by atoms with Crippen LogP contribution in [0.4, 0.5) is 0 Å². The van der Waals surface area contributed by atoms with Crippen molar-refractivity contribution in [3.8, 4) is 0 Å². The molecule has 6 heteroatoms. The van der Waals surface area contributed by atoms with Crippen LogP contribution in [0.3, 0.4) is 0 Å². The zero-order chi connectivity index (χ0) is 13.5. The lowest BCUT2D eigenvalue weighted by atomic mass is 10.2. The Balaban J connectivity index is 2.41. The van der Waals surface area contributed by atoms with Crippen LogP contribution in [-0.2, 0) is 4.79 Å². The van der Waals surface area contributed by atoms with Gasteiger partial charge in [0.15, 0.2) is 0 Å². The number of halogens is 2. The molecule has 0 radical (unpaired) electrons. The molecule has 98 valence electrons. The quantitative estimate of drug-likeness (QED) is 0.785. The van der Waals surface area contributed by atoms with Gasteiger partial charge in [-0.05, 0) is 47.0 Å². The van der Waals surface area contributed by atoms with Crippen LogP contribution in [-0.4, -0.2) is 18.4 Å². The topological polar surface area (TPSA) is 72.2 Å². The first-order valence-electron chi connectivity index (χ1n) is 5.52. The molecule has 18 heavy (non-hydrogen) atoms. The molecule has 1 rings (SSSR count). The van der Waals surface area contributed by atoms with Gasteiger partial charge in [0, 0.05) is 22.5 Å². The summed E-state index contributed by atoms with van der Waals surface area (Å²) >= 11 is 9.12. The van der Waals surface area contributed by atoms with E-state index in [1.54, 1.807) is 18.2 Å². The van der Waals surface area contributed by atoms with Crippen molar-refractivity contribution in [1.29, 1.82) is 0 Å². The van der Waals surface area contributed by atoms with Gasteiger partial charge >= 0.3 is 0 Å². The van der Waals surface area contributed by atoms with Gasteiger partial charge in [-0.3, -0.25) is 9.59 Å². The van der Waals surface area contributed by atoms with Crippen molar-refractivity contribution in [2.24, 2.45) is 5.73 Å². The second kappa shape index (κ2) is 7.38. The van der Waals surface area contributed by atoms with Crippen molar-refractivity contribution >= 4 is 39.3 Å². The van der Waals surface area contributed by atoms with Gasteiger partial charge in [0.25, 0.3) is 5.91 Å². The number of rotatable bonds is 6. The maximum Gasteiger partial charge on any atom is 0.252 e. The number of hydrogen-bond acceptors (Lipinski definition) is 2.